The van der Waals surface area contributed by atoms with Crippen LogP contribution in [0.1, 0.15) is 105 Å². The molecule has 0 spiro atoms. The zero-order valence-electron chi connectivity index (χ0n) is 20.1. The van der Waals surface area contributed by atoms with Crippen LogP contribution >= 0.6 is 0 Å². The molecule has 4 aliphatic rings. The van der Waals surface area contributed by atoms with Crippen molar-refractivity contribution < 1.29 is 9.59 Å². The summed E-state index contributed by atoms with van der Waals surface area (Å²) in [5, 5.41) is 0. The summed E-state index contributed by atoms with van der Waals surface area (Å²) in [6.45, 7) is 11.5. The molecule has 4 aliphatic carbocycles. The standard InChI is InChI=1S/C28H44O2/c1-6-19(29)12-11-18(3)21-13-14-23-25-24(15-17-28(21,23)5)27(4)16-9-8-10-22(27)20(7-2)26(25)30/h7,18,21-25H,6,8-17H2,1-5H3/b20-7-/t18-,21?,22?,23?,24?,25?,27?,28?/m1/s1. The number of carbonyl (C=O) groups excluding carboxylic acids is 2. The van der Waals surface area contributed by atoms with Crippen LogP contribution in [0.5, 0.6) is 0 Å². The first-order valence-electron chi connectivity index (χ1n) is 13.0. The van der Waals surface area contributed by atoms with Crippen LogP contribution in [0, 0.1) is 46.3 Å². The predicted octanol–water partition coefficient (Wildman–Crippen LogP) is 7.17. The minimum Gasteiger partial charge on any atom is -0.300 e. The molecule has 0 saturated heterocycles. The van der Waals surface area contributed by atoms with Crippen molar-refractivity contribution >= 4 is 11.6 Å². The maximum atomic E-state index is 13.9. The van der Waals surface area contributed by atoms with Crippen LogP contribution in [0.25, 0.3) is 0 Å². The van der Waals surface area contributed by atoms with Crippen LogP contribution < -0.4 is 0 Å². The van der Waals surface area contributed by atoms with Crippen LogP contribution in [-0.2, 0) is 9.59 Å². The number of hydrogen-bond donors (Lipinski definition) is 0. The second-order valence-electron chi connectivity index (χ2n) is 11.8. The van der Waals surface area contributed by atoms with Gasteiger partial charge < -0.3 is 0 Å². The van der Waals surface area contributed by atoms with E-state index in [1.807, 2.05) is 6.92 Å². The average molecular weight is 413 g/mol. The third-order valence-corrected chi connectivity index (χ3v) is 10.7. The summed E-state index contributed by atoms with van der Waals surface area (Å²) in [6, 6.07) is 0. The SMILES string of the molecule is C/C=C1\C(=O)C2C(CCC3(C)C2CCC3[C@H](C)CCC(=O)CC)C2(C)CCCCC12. The third kappa shape index (κ3) is 3.27. The molecule has 0 aromatic rings. The first kappa shape index (κ1) is 22.3. The number of hydrogen-bond acceptors (Lipinski definition) is 2. The lowest BCUT2D eigenvalue weighted by Gasteiger charge is -2.60. The normalized spacial score (nSPS) is 45.6. The highest BCUT2D eigenvalue weighted by molar-refractivity contribution is 5.99. The zero-order valence-corrected chi connectivity index (χ0v) is 20.1. The molecule has 7 unspecified atom stereocenters. The van der Waals surface area contributed by atoms with Crippen molar-refractivity contribution in [3.05, 3.63) is 11.6 Å². The Balaban J connectivity index is 1.61. The van der Waals surface area contributed by atoms with Crippen molar-refractivity contribution in [2.45, 2.75) is 105 Å². The van der Waals surface area contributed by atoms with Crippen LogP contribution in [0.2, 0.25) is 0 Å². The molecule has 0 aromatic carbocycles. The van der Waals surface area contributed by atoms with Gasteiger partial charge in [-0.25, -0.2) is 0 Å². The maximum absolute atomic E-state index is 13.9. The van der Waals surface area contributed by atoms with E-state index in [1.54, 1.807) is 0 Å². The van der Waals surface area contributed by atoms with E-state index >= 15 is 0 Å². The Labute approximate surface area is 184 Å². The molecule has 2 nitrogen and oxygen atoms in total. The smallest absolute Gasteiger partial charge is 0.162 e. The molecule has 0 aromatic heterocycles. The Morgan fingerprint density at radius 1 is 1.07 bits per heavy atom. The molecule has 4 rings (SSSR count). The number of rotatable bonds is 5. The van der Waals surface area contributed by atoms with E-state index in [1.165, 1.54) is 56.9 Å². The lowest BCUT2D eigenvalue weighted by atomic mass is 9.43. The minimum absolute atomic E-state index is 0.253. The van der Waals surface area contributed by atoms with Crippen molar-refractivity contribution in [2.75, 3.05) is 0 Å². The van der Waals surface area contributed by atoms with E-state index in [2.05, 4.69) is 33.8 Å². The van der Waals surface area contributed by atoms with E-state index in [0.29, 0.717) is 53.0 Å². The summed E-state index contributed by atoms with van der Waals surface area (Å²) in [5.74, 6) is 4.09. The van der Waals surface area contributed by atoms with Crippen molar-refractivity contribution in [1.29, 1.82) is 0 Å². The maximum Gasteiger partial charge on any atom is 0.162 e. The summed E-state index contributed by atoms with van der Waals surface area (Å²) in [4.78, 5) is 25.8. The fourth-order valence-electron chi connectivity index (χ4n) is 9.01. The molecule has 0 aliphatic heterocycles. The second kappa shape index (κ2) is 8.21. The minimum atomic E-state index is 0.253. The van der Waals surface area contributed by atoms with Gasteiger partial charge in [-0.1, -0.05) is 46.6 Å². The number of ketones is 2. The Bertz CT molecular complexity index is 720. The molecular weight excluding hydrogens is 368 g/mol. The highest BCUT2D eigenvalue weighted by Gasteiger charge is 2.63. The molecule has 0 bridgehead atoms. The predicted molar refractivity (Wildman–Crippen MR) is 123 cm³/mol. The summed E-state index contributed by atoms with van der Waals surface area (Å²) in [7, 11) is 0. The molecular formula is C28H44O2. The summed E-state index contributed by atoms with van der Waals surface area (Å²) >= 11 is 0. The van der Waals surface area contributed by atoms with Crippen LogP contribution in [-0.4, -0.2) is 11.6 Å². The molecule has 0 N–H and O–H groups in total. The molecule has 8 atom stereocenters. The molecule has 0 amide bonds. The first-order chi connectivity index (χ1) is 14.3. The van der Waals surface area contributed by atoms with Gasteiger partial charge in [0.15, 0.2) is 5.78 Å². The zero-order chi connectivity index (χ0) is 21.7. The van der Waals surface area contributed by atoms with Crippen LogP contribution in [0.4, 0.5) is 0 Å². The molecule has 4 fully saturated rings. The van der Waals surface area contributed by atoms with E-state index in [-0.39, 0.29) is 11.3 Å². The third-order valence-electron chi connectivity index (χ3n) is 10.7. The molecule has 0 heterocycles. The molecule has 30 heavy (non-hydrogen) atoms. The van der Waals surface area contributed by atoms with Crippen molar-refractivity contribution in [3.63, 3.8) is 0 Å². The van der Waals surface area contributed by atoms with Crippen molar-refractivity contribution in [1.82, 2.24) is 0 Å². The Hall–Kier alpha value is -0.920. The van der Waals surface area contributed by atoms with Crippen molar-refractivity contribution in [2.24, 2.45) is 46.3 Å². The molecule has 4 saturated carbocycles. The Morgan fingerprint density at radius 3 is 2.50 bits per heavy atom. The van der Waals surface area contributed by atoms with E-state index in [9.17, 15) is 9.59 Å². The fourth-order valence-corrected chi connectivity index (χ4v) is 9.01. The number of fused-ring (bicyclic) bond motifs is 5. The lowest BCUT2D eigenvalue weighted by Crippen LogP contribution is -2.57. The van der Waals surface area contributed by atoms with Gasteiger partial charge in [0, 0.05) is 18.8 Å². The lowest BCUT2D eigenvalue weighted by molar-refractivity contribution is -0.146. The van der Waals surface area contributed by atoms with E-state index < -0.39 is 0 Å². The topological polar surface area (TPSA) is 34.1 Å². The van der Waals surface area contributed by atoms with Gasteiger partial charge in [0.1, 0.15) is 5.78 Å². The average Bonchev–Trinajstić information content (AvgIpc) is 3.09. The van der Waals surface area contributed by atoms with Gasteiger partial charge in [0.25, 0.3) is 0 Å². The second-order valence-corrected chi connectivity index (χ2v) is 11.8. The number of carbonyl (C=O) groups is 2. The van der Waals surface area contributed by atoms with Gasteiger partial charge in [0.2, 0.25) is 0 Å². The van der Waals surface area contributed by atoms with Crippen LogP contribution in [0.3, 0.4) is 0 Å². The van der Waals surface area contributed by atoms with Crippen molar-refractivity contribution in [3.8, 4) is 0 Å². The van der Waals surface area contributed by atoms with Gasteiger partial charge in [-0.15, -0.1) is 0 Å². The fraction of sp³-hybridized carbons (Fsp3) is 0.857. The van der Waals surface area contributed by atoms with Gasteiger partial charge >= 0.3 is 0 Å². The highest BCUT2D eigenvalue weighted by atomic mass is 16.1. The highest BCUT2D eigenvalue weighted by Crippen LogP contribution is 2.68. The molecule has 168 valence electrons. The number of allylic oxidation sites excluding steroid dienone is 2. The van der Waals surface area contributed by atoms with Gasteiger partial charge in [-0.3, -0.25) is 9.59 Å². The Kier molecular flexibility index (Phi) is 6.10. The largest absolute Gasteiger partial charge is 0.300 e. The first-order valence-corrected chi connectivity index (χ1v) is 13.0. The monoisotopic (exact) mass is 412 g/mol. The molecule has 0 radical (unpaired) electrons. The van der Waals surface area contributed by atoms with Gasteiger partial charge in [-0.2, -0.15) is 0 Å². The summed E-state index contributed by atoms with van der Waals surface area (Å²) in [5.41, 5.74) is 1.80. The Morgan fingerprint density at radius 2 is 1.80 bits per heavy atom. The van der Waals surface area contributed by atoms with Gasteiger partial charge in [-0.05, 0) is 97.9 Å². The van der Waals surface area contributed by atoms with E-state index in [0.717, 1.165) is 12.8 Å². The quantitative estimate of drug-likeness (QED) is 0.449. The number of Topliss-reactive ketones (excluding diaryl/α,β-unsaturated/α-hetero) is 2. The van der Waals surface area contributed by atoms with E-state index in [4.69, 9.17) is 0 Å². The van der Waals surface area contributed by atoms with Crippen LogP contribution in [0.15, 0.2) is 11.6 Å². The van der Waals surface area contributed by atoms with Gasteiger partial charge in [0.05, 0.1) is 0 Å². The molecule has 2 heteroatoms. The summed E-state index contributed by atoms with van der Waals surface area (Å²) < 4.78 is 0. The summed E-state index contributed by atoms with van der Waals surface area (Å²) in [6.07, 6.45) is 14.8.